The van der Waals surface area contributed by atoms with Gasteiger partial charge < -0.3 is 10.6 Å². The lowest BCUT2D eigenvalue weighted by Gasteiger charge is -2.47. The molecule has 0 heterocycles. The third-order valence-corrected chi connectivity index (χ3v) is 5.02. The molecule has 0 radical (unpaired) electrons. The van der Waals surface area contributed by atoms with Gasteiger partial charge in [0.25, 0.3) is 0 Å². The largest absolute Gasteiger partial charge is 0.329 e. The van der Waals surface area contributed by atoms with E-state index in [1.807, 2.05) is 0 Å². The smallest absolute Gasteiger partial charge is 0.0331 e. The second-order valence-electron chi connectivity index (χ2n) is 7.60. The summed E-state index contributed by atoms with van der Waals surface area (Å²) in [7, 11) is 6.59. The predicted octanol–water partition coefficient (Wildman–Crippen LogP) is 2.80. The summed E-state index contributed by atoms with van der Waals surface area (Å²) in [5, 5.41) is 0. The molecule has 1 saturated carbocycles. The van der Waals surface area contributed by atoms with Crippen LogP contribution in [0.5, 0.6) is 0 Å². The molecule has 20 heavy (non-hydrogen) atoms. The molecule has 0 aromatic carbocycles. The fourth-order valence-electron chi connectivity index (χ4n) is 3.88. The molecule has 0 bridgehead atoms. The van der Waals surface area contributed by atoms with E-state index in [0.717, 1.165) is 18.4 Å². The van der Waals surface area contributed by atoms with Crippen molar-refractivity contribution in [3.63, 3.8) is 0 Å². The van der Waals surface area contributed by atoms with Crippen LogP contribution >= 0.6 is 0 Å². The summed E-state index contributed by atoms with van der Waals surface area (Å²) in [5.74, 6) is 1.69. The van der Waals surface area contributed by atoms with Crippen molar-refractivity contribution in [3.8, 4) is 0 Å². The lowest BCUT2D eigenvalue weighted by molar-refractivity contribution is 0.0499. The van der Waals surface area contributed by atoms with Crippen LogP contribution in [0.2, 0.25) is 0 Å². The highest BCUT2D eigenvalue weighted by Crippen LogP contribution is 2.38. The van der Waals surface area contributed by atoms with Gasteiger partial charge in [0.2, 0.25) is 0 Å². The Morgan fingerprint density at radius 1 is 1.20 bits per heavy atom. The van der Waals surface area contributed by atoms with E-state index in [1.54, 1.807) is 0 Å². The Morgan fingerprint density at radius 2 is 1.90 bits per heavy atom. The molecule has 0 saturated heterocycles. The van der Waals surface area contributed by atoms with Gasteiger partial charge in [-0.25, -0.2) is 0 Å². The maximum atomic E-state index is 6.21. The monoisotopic (exact) mass is 283 g/mol. The Hall–Kier alpha value is -0.120. The zero-order valence-corrected chi connectivity index (χ0v) is 14.5. The van der Waals surface area contributed by atoms with Crippen molar-refractivity contribution >= 4 is 0 Å². The molecule has 1 aliphatic carbocycles. The van der Waals surface area contributed by atoms with Crippen LogP contribution in [-0.2, 0) is 0 Å². The molecular formula is C17H37N3. The minimum Gasteiger partial charge on any atom is -0.329 e. The summed E-state index contributed by atoms with van der Waals surface area (Å²) in [6, 6.07) is 0. The molecule has 2 N–H and O–H groups in total. The van der Waals surface area contributed by atoms with Gasteiger partial charge in [0.15, 0.2) is 0 Å². The molecule has 3 heteroatoms. The van der Waals surface area contributed by atoms with Gasteiger partial charge in [-0.1, -0.05) is 26.7 Å². The molecule has 0 aromatic heterocycles. The van der Waals surface area contributed by atoms with E-state index in [-0.39, 0.29) is 5.54 Å². The fraction of sp³-hybridized carbons (Fsp3) is 1.00. The van der Waals surface area contributed by atoms with Crippen LogP contribution in [0, 0.1) is 11.8 Å². The second kappa shape index (κ2) is 8.35. The molecule has 1 rings (SSSR count). The Morgan fingerprint density at radius 3 is 2.45 bits per heavy atom. The van der Waals surface area contributed by atoms with Crippen molar-refractivity contribution < 1.29 is 0 Å². The van der Waals surface area contributed by atoms with Gasteiger partial charge in [-0.15, -0.1) is 0 Å². The number of hydrogen-bond acceptors (Lipinski definition) is 3. The quantitative estimate of drug-likeness (QED) is 0.743. The molecule has 0 aromatic rings. The average Bonchev–Trinajstić information content (AvgIpc) is 2.37. The van der Waals surface area contributed by atoms with Crippen LogP contribution in [-0.4, -0.2) is 56.1 Å². The zero-order valence-electron chi connectivity index (χ0n) is 14.5. The number of nitrogens with two attached hydrogens (primary N) is 1. The normalized spacial score (nSPS) is 27.8. The first-order valence-corrected chi connectivity index (χ1v) is 8.45. The standard InChI is InChI=1S/C17H37N3/c1-15(2)12-16-8-6-9-17(13-16,14-18)20(5)11-7-10-19(3)4/h15-16H,6-14,18H2,1-5H3. The van der Waals surface area contributed by atoms with Crippen molar-refractivity contribution in [2.45, 2.75) is 57.9 Å². The Balaban J connectivity index is 2.55. The van der Waals surface area contributed by atoms with Crippen molar-refractivity contribution in [3.05, 3.63) is 0 Å². The van der Waals surface area contributed by atoms with Crippen LogP contribution in [0.1, 0.15) is 52.4 Å². The topological polar surface area (TPSA) is 32.5 Å². The van der Waals surface area contributed by atoms with Gasteiger partial charge in [0.05, 0.1) is 0 Å². The van der Waals surface area contributed by atoms with Gasteiger partial charge in [-0.3, -0.25) is 4.90 Å². The minimum absolute atomic E-state index is 0.268. The molecule has 2 unspecified atom stereocenters. The maximum Gasteiger partial charge on any atom is 0.0331 e. The lowest BCUT2D eigenvalue weighted by Crippen LogP contribution is -2.55. The molecule has 3 nitrogen and oxygen atoms in total. The summed E-state index contributed by atoms with van der Waals surface area (Å²) >= 11 is 0. The summed E-state index contributed by atoms with van der Waals surface area (Å²) < 4.78 is 0. The molecule has 0 spiro atoms. The number of likely N-dealkylation sites (N-methyl/N-ethyl adjacent to an activating group) is 1. The summed E-state index contributed by atoms with van der Waals surface area (Å²) in [5.41, 5.74) is 6.48. The lowest BCUT2D eigenvalue weighted by atomic mass is 9.72. The SMILES string of the molecule is CC(C)CC1CCCC(CN)(N(C)CCCN(C)C)C1. The van der Waals surface area contributed by atoms with E-state index >= 15 is 0 Å². The molecule has 2 atom stereocenters. The zero-order chi connectivity index (χ0) is 15.2. The van der Waals surface area contributed by atoms with Crippen LogP contribution in [0.4, 0.5) is 0 Å². The predicted molar refractivity (Wildman–Crippen MR) is 89.0 cm³/mol. The number of hydrogen-bond donors (Lipinski definition) is 1. The molecule has 1 aliphatic rings. The van der Waals surface area contributed by atoms with Crippen LogP contribution in [0.25, 0.3) is 0 Å². The first-order valence-electron chi connectivity index (χ1n) is 8.45. The van der Waals surface area contributed by atoms with Crippen LogP contribution in [0.3, 0.4) is 0 Å². The van der Waals surface area contributed by atoms with E-state index in [0.29, 0.717) is 0 Å². The molecule has 1 fully saturated rings. The molecular weight excluding hydrogens is 246 g/mol. The van der Waals surface area contributed by atoms with Gasteiger partial charge in [-0.2, -0.15) is 0 Å². The summed E-state index contributed by atoms with van der Waals surface area (Å²) in [4.78, 5) is 4.84. The Labute approximate surface area is 126 Å². The number of rotatable bonds is 8. The molecule has 0 amide bonds. The third kappa shape index (κ3) is 5.34. The van der Waals surface area contributed by atoms with Crippen molar-refractivity contribution in [2.75, 3.05) is 40.8 Å². The highest BCUT2D eigenvalue weighted by Gasteiger charge is 2.38. The van der Waals surface area contributed by atoms with Crippen LogP contribution < -0.4 is 5.73 Å². The minimum atomic E-state index is 0.268. The third-order valence-electron chi connectivity index (χ3n) is 5.02. The summed E-state index contributed by atoms with van der Waals surface area (Å²) in [6.45, 7) is 7.85. The Kier molecular flexibility index (Phi) is 7.49. The molecule has 0 aliphatic heterocycles. The van der Waals surface area contributed by atoms with Gasteiger partial charge in [-0.05, 0) is 71.8 Å². The van der Waals surface area contributed by atoms with E-state index < -0.39 is 0 Å². The second-order valence-corrected chi connectivity index (χ2v) is 7.60. The molecule has 120 valence electrons. The highest BCUT2D eigenvalue weighted by molar-refractivity contribution is 4.95. The van der Waals surface area contributed by atoms with Crippen molar-refractivity contribution in [1.29, 1.82) is 0 Å². The average molecular weight is 284 g/mol. The van der Waals surface area contributed by atoms with Crippen molar-refractivity contribution in [1.82, 2.24) is 9.80 Å². The fourth-order valence-corrected chi connectivity index (χ4v) is 3.88. The first kappa shape index (κ1) is 17.9. The van der Waals surface area contributed by atoms with Gasteiger partial charge >= 0.3 is 0 Å². The first-order chi connectivity index (χ1) is 9.39. The summed E-state index contributed by atoms with van der Waals surface area (Å²) in [6.07, 6.45) is 7.96. The highest BCUT2D eigenvalue weighted by atomic mass is 15.2. The van der Waals surface area contributed by atoms with E-state index in [1.165, 1.54) is 51.6 Å². The van der Waals surface area contributed by atoms with Crippen molar-refractivity contribution in [2.24, 2.45) is 17.6 Å². The van der Waals surface area contributed by atoms with E-state index in [9.17, 15) is 0 Å². The van der Waals surface area contributed by atoms with E-state index in [2.05, 4.69) is 44.8 Å². The van der Waals surface area contributed by atoms with E-state index in [4.69, 9.17) is 5.73 Å². The Bertz CT molecular complexity index is 265. The number of nitrogens with zero attached hydrogens (tertiary/aromatic N) is 2. The van der Waals surface area contributed by atoms with Gasteiger partial charge in [0, 0.05) is 12.1 Å². The van der Waals surface area contributed by atoms with Gasteiger partial charge in [0.1, 0.15) is 0 Å². The van der Waals surface area contributed by atoms with Crippen LogP contribution in [0.15, 0.2) is 0 Å². The maximum absolute atomic E-state index is 6.21.